The second kappa shape index (κ2) is 5.43. The van der Waals surface area contributed by atoms with Crippen molar-refractivity contribution < 1.29 is 15.0 Å². The first-order valence-electron chi connectivity index (χ1n) is 7.68. The molecule has 2 N–H and O–H groups in total. The lowest BCUT2D eigenvalue weighted by atomic mass is 9.84. The number of aryl methyl sites for hydroxylation is 1. The fraction of sp³-hybridized carbons (Fsp3) is 0.500. The summed E-state index contributed by atoms with van der Waals surface area (Å²) in [6.07, 6.45) is -0.632. The van der Waals surface area contributed by atoms with Crippen LogP contribution in [0.2, 0.25) is 0 Å². The Bertz CT molecular complexity index is 733. The van der Waals surface area contributed by atoms with Crippen molar-refractivity contribution >= 4 is 16.9 Å². The molecule has 0 amide bonds. The molecule has 1 aromatic heterocycles. The molecule has 0 aliphatic heterocycles. The van der Waals surface area contributed by atoms with E-state index in [0.717, 1.165) is 34.3 Å². The fourth-order valence-electron chi connectivity index (χ4n) is 3.26. The summed E-state index contributed by atoms with van der Waals surface area (Å²) < 4.78 is 2.17. The van der Waals surface area contributed by atoms with Gasteiger partial charge in [-0.05, 0) is 43.9 Å². The van der Waals surface area contributed by atoms with E-state index in [-0.39, 0.29) is 11.0 Å². The number of carbonyl (C=O) groups is 1. The van der Waals surface area contributed by atoms with Crippen molar-refractivity contribution in [1.82, 2.24) is 4.57 Å². The highest BCUT2D eigenvalue weighted by atomic mass is 16.4. The lowest BCUT2D eigenvalue weighted by Gasteiger charge is -2.22. The molecule has 0 saturated carbocycles. The molecule has 0 bridgehead atoms. The number of hydrogen-bond donors (Lipinski definition) is 2. The van der Waals surface area contributed by atoms with Crippen molar-refractivity contribution in [2.24, 2.45) is 0 Å². The van der Waals surface area contributed by atoms with Crippen LogP contribution in [0.4, 0.5) is 0 Å². The Morgan fingerprint density at radius 2 is 1.91 bits per heavy atom. The summed E-state index contributed by atoms with van der Waals surface area (Å²) in [7, 11) is 0. The maximum Gasteiger partial charge on any atom is 0.335 e. The molecule has 0 radical (unpaired) electrons. The number of rotatable bonds is 3. The number of hydrogen-bond acceptors (Lipinski definition) is 2. The van der Waals surface area contributed by atoms with Crippen LogP contribution in [0, 0.1) is 6.92 Å². The predicted octanol–water partition coefficient (Wildman–Crippen LogP) is 4.02. The molecule has 0 fully saturated rings. The lowest BCUT2D eigenvalue weighted by Crippen LogP contribution is -2.15. The normalized spacial score (nSPS) is 13.6. The molecule has 2 rings (SSSR count). The summed E-state index contributed by atoms with van der Waals surface area (Å²) >= 11 is 0. The van der Waals surface area contributed by atoms with Gasteiger partial charge in [-0.15, -0.1) is 0 Å². The van der Waals surface area contributed by atoms with Crippen LogP contribution < -0.4 is 0 Å². The van der Waals surface area contributed by atoms with Crippen molar-refractivity contribution in [3.63, 3.8) is 0 Å². The van der Waals surface area contributed by atoms with Crippen LogP contribution in [0.3, 0.4) is 0 Å². The third kappa shape index (κ3) is 2.52. The summed E-state index contributed by atoms with van der Waals surface area (Å²) in [4.78, 5) is 11.5. The van der Waals surface area contributed by atoms with Crippen molar-refractivity contribution in [3.05, 3.63) is 34.5 Å². The average molecular weight is 303 g/mol. The Morgan fingerprint density at radius 3 is 2.32 bits per heavy atom. The van der Waals surface area contributed by atoms with E-state index in [0.29, 0.717) is 0 Å². The van der Waals surface area contributed by atoms with Crippen molar-refractivity contribution in [3.8, 4) is 0 Å². The molecule has 0 spiro atoms. The first-order chi connectivity index (χ1) is 10.1. The monoisotopic (exact) mass is 303 g/mol. The van der Waals surface area contributed by atoms with Crippen LogP contribution in [0.15, 0.2) is 12.1 Å². The van der Waals surface area contributed by atoms with E-state index in [2.05, 4.69) is 32.3 Å². The molecule has 1 heterocycles. The maximum absolute atomic E-state index is 11.5. The van der Waals surface area contributed by atoms with Gasteiger partial charge in [-0.3, -0.25) is 0 Å². The first kappa shape index (κ1) is 16.6. The van der Waals surface area contributed by atoms with Gasteiger partial charge in [0.05, 0.1) is 17.2 Å². The Balaban J connectivity index is 3.05. The highest BCUT2D eigenvalue weighted by molar-refractivity contribution is 5.97. The minimum absolute atomic E-state index is 0.183. The fourth-order valence-corrected chi connectivity index (χ4v) is 3.26. The van der Waals surface area contributed by atoms with Crippen molar-refractivity contribution in [2.45, 2.75) is 59.6 Å². The summed E-state index contributed by atoms with van der Waals surface area (Å²) in [6, 6.07) is 3.45. The zero-order chi connectivity index (χ0) is 16.8. The first-order valence-corrected chi connectivity index (χ1v) is 7.68. The van der Waals surface area contributed by atoms with Gasteiger partial charge in [-0.2, -0.15) is 0 Å². The smallest absolute Gasteiger partial charge is 0.335 e. The van der Waals surface area contributed by atoms with E-state index in [9.17, 15) is 15.0 Å². The molecule has 4 heteroatoms. The molecular formula is C18H25NO3. The van der Waals surface area contributed by atoms with Gasteiger partial charge in [0.25, 0.3) is 0 Å². The van der Waals surface area contributed by atoms with Gasteiger partial charge in [0.15, 0.2) is 0 Å². The minimum atomic E-state index is -0.939. The van der Waals surface area contributed by atoms with E-state index in [1.54, 1.807) is 19.1 Å². The molecule has 0 aliphatic rings. The molecule has 2 aromatic rings. The number of carboxylic acids is 1. The van der Waals surface area contributed by atoms with Gasteiger partial charge in [-0.1, -0.05) is 20.8 Å². The third-order valence-electron chi connectivity index (χ3n) is 4.25. The van der Waals surface area contributed by atoms with E-state index in [1.807, 2.05) is 6.92 Å². The minimum Gasteiger partial charge on any atom is -0.478 e. The van der Waals surface area contributed by atoms with Crippen LogP contribution in [0.1, 0.15) is 67.9 Å². The largest absolute Gasteiger partial charge is 0.478 e. The van der Waals surface area contributed by atoms with E-state index in [1.165, 1.54) is 0 Å². The van der Waals surface area contributed by atoms with Crippen LogP contribution in [0.5, 0.6) is 0 Å². The summed E-state index contributed by atoms with van der Waals surface area (Å²) in [5, 5.41) is 20.4. The van der Waals surface area contributed by atoms with Crippen molar-refractivity contribution in [2.75, 3.05) is 0 Å². The number of aliphatic hydroxyl groups is 1. The topological polar surface area (TPSA) is 62.5 Å². The number of fused-ring (bicyclic) bond motifs is 1. The number of nitrogens with zero attached hydrogens (tertiary/aromatic N) is 1. The molecule has 1 unspecified atom stereocenters. The molecule has 4 nitrogen and oxygen atoms in total. The van der Waals surface area contributed by atoms with Gasteiger partial charge >= 0.3 is 5.97 Å². The number of aliphatic hydroxyl groups excluding tert-OH is 1. The highest BCUT2D eigenvalue weighted by Crippen LogP contribution is 2.38. The number of aromatic nitrogens is 1. The predicted molar refractivity (Wildman–Crippen MR) is 88.6 cm³/mol. The zero-order valence-electron chi connectivity index (χ0n) is 14.2. The van der Waals surface area contributed by atoms with Gasteiger partial charge < -0.3 is 14.8 Å². The summed E-state index contributed by atoms with van der Waals surface area (Å²) in [6.45, 7) is 12.8. The van der Waals surface area contributed by atoms with Gasteiger partial charge in [-0.25, -0.2) is 4.79 Å². The summed E-state index contributed by atoms with van der Waals surface area (Å²) in [5.74, 6) is -0.939. The number of carboxylic acid groups (broad SMARTS) is 1. The third-order valence-corrected chi connectivity index (χ3v) is 4.25. The van der Waals surface area contributed by atoms with Gasteiger partial charge in [0, 0.05) is 23.2 Å². The van der Waals surface area contributed by atoms with Crippen LogP contribution in [-0.2, 0) is 12.0 Å². The van der Waals surface area contributed by atoms with E-state index < -0.39 is 12.1 Å². The molecule has 1 aromatic carbocycles. The molecular weight excluding hydrogens is 278 g/mol. The van der Waals surface area contributed by atoms with Crippen molar-refractivity contribution in [1.29, 1.82) is 0 Å². The SMILES string of the molecule is CCn1c(C)c(C(C)O)c2cc(C(=O)O)cc(C(C)(C)C)c21. The molecule has 22 heavy (non-hydrogen) atoms. The number of benzene rings is 1. The Labute approximate surface area is 131 Å². The molecule has 120 valence electrons. The van der Waals surface area contributed by atoms with E-state index in [4.69, 9.17) is 0 Å². The van der Waals surface area contributed by atoms with Crippen LogP contribution >= 0.6 is 0 Å². The Kier molecular flexibility index (Phi) is 4.09. The Hall–Kier alpha value is -1.81. The molecule has 0 aliphatic carbocycles. The quantitative estimate of drug-likeness (QED) is 0.900. The Morgan fingerprint density at radius 1 is 1.32 bits per heavy atom. The van der Waals surface area contributed by atoms with Crippen LogP contribution in [-0.4, -0.2) is 20.7 Å². The second-order valence-corrected chi connectivity index (χ2v) is 6.89. The zero-order valence-corrected chi connectivity index (χ0v) is 14.2. The number of aromatic carboxylic acids is 1. The second-order valence-electron chi connectivity index (χ2n) is 6.89. The standard InChI is InChI=1S/C18H25NO3/c1-7-19-10(2)15(11(3)20)13-8-12(17(21)22)9-14(16(13)19)18(4,5)6/h8-9,11,20H,7H2,1-6H3,(H,21,22). The summed E-state index contributed by atoms with van der Waals surface area (Å²) in [5.41, 5.74) is 3.95. The maximum atomic E-state index is 11.5. The molecule has 1 atom stereocenters. The lowest BCUT2D eigenvalue weighted by molar-refractivity contribution is 0.0697. The van der Waals surface area contributed by atoms with Gasteiger partial charge in [0.1, 0.15) is 0 Å². The highest BCUT2D eigenvalue weighted by Gasteiger charge is 2.26. The molecule has 0 saturated heterocycles. The van der Waals surface area contributed by atoms with Gasteiger partial charge in [0.2, 0.25) is 0 Å². The van der Waals surface area contributed by atoms with Crippen LogP contribution in [0.25, 0.3) is 10.9 Å². The van der Waals surface area contributed by atoms with E-state index >= 15 is 0 Å². The average Bonchev–Trinajstić information content (AvgIpc) is 2.67.